The summed E-state index contributed by atoms with van der Waals surface area (Å²) in [7, 11) is 0. The number of nitrogens with one attached hydrogen (secondary N) is 1. The summed E-state index contributed by atoms with van der Waals surface area (Å²) < 4.78 is 0. The number of carboxylic acids is 1. The highest BCUT2D eigenvalue weighted by molar-refractivity contribution is 7.80. The molecule has 0 aliphatic rings. The van der Waals surface area contributed by atoms with Gasteiger partial charge in [0.2, 0.25) is 5.91 Å². The van der Waals surface area contributed by atoms with Crippen molar-refractivity contribution in [2.75, 3.05) is 12.3 Å². The second-order valence-corrected chi connectivity index (χ2v) is 2.67. The summed E-state index contributed by atoms with van der Waals surface area (Å²) in [6, 6.07) is -1.12. The summed E-state index contributed by atoms with van der Waals surface area (Å²) in [5.74, 6) is -1.01. The van der Waals surface area contributed by atoms with Crippen LogP contribution < -0.4 is 11.1 Å². The molecule has 0 spiro atoms. The van der Waals surface area contributed by atoms with Crippen molar-refractivity contribution in [1.29, 1.82) is 0 Å². The van der Waals surface area contributed by atoms with Crippen LogP contribution in [0, 0.1) is 0 Å². The van der Waals surface area contributed by atoms with Gasteiger partial charge in [-0.15, -0.1) is 0 Å². The molecule has 1 amide bonds. The van der Waals surface area contributed by atoms with Gasteiger partial charge in [-0.25, -0.2) is 0 Å². The third kappa shape index (κ3) is 4.97. The van der Waals surface area contributed by atoms with Crippen LogP contribution >= 0.6 is 12.6 Å². The van der Waals surface area contributed by atoms with E-state index in [1.165, 1.54) is 0 Å². The van der Waals surface area contributed by atoms with Crippen molar-refractivity contribution in [2.45, 2.75) is 12.5 Å². The van der Waals surface area contributed by atoms with Gasteiger partial charge in [0.25, 0.3) is 0 Å². The van der Waals surface area contributed by atoms with E-state index in [-0.39, 0.29) is 12.3 Å². The van der Waals surface area contributed by atoms with Crippen molar-refractivity contribution in [2.24, 2.45) is 5.73 Å². The Bertz CT molecular complexity index is 174. The van der Waals surface area contributed by atoms with E-state index in [0.717, 1.165) is 0 Å². The first-order valence-corrected chi connectivity index (χ1v) is 4.07. The summed E-state index contributed by atoms with van der Waals surface area (Å²) in [6.45, 7) is 0.425. The fourth-order valence-electron chi connectivity index (χ4n) is 0.555. The Morgan fingerprint density at radius 2 is 2.17 bits per heavy atom. The topological polar surface area (TPSA) is 92.4 Å². The van der Waals surface area contributed by atoms with Crippen LogP contribution in [0.25, 0.3) is 0 Å². The summed E-state index contributed by atoms with van der Waals surface area (Å²) in [4.78, 5) is 21.0. The Morgan fingerprint density at radius 1 is 1.58 bits per heavy atom. The average Bonchev–Trinajstić information content (AvgIpc) is 2.00. The van der Waals surface area contributed by atoms with E-state index in [4.69, 9.17) is 10.8 Å². The van der Waals surface area contributed by atoms with E-state index >= 15 is 0 Å². The standard InChI is InChI=1S/C6H12N2O3S/c7-4(6(10)11)3-5(9)8-1-2-12/h4,12H,1-3,7H2,(H,8,9)(H,10,11). The predicted molar refractivity (Wildman–Crippen MR) is 47.1 cm³/mol. The molecule has 0 fully saturated rings. The minimum atomic E-state index is -1.17. The molecule has 6 heteroatoms. The second-order valence-electron chi connectivity index (χ2n) is 2.22. The van der Waals surface area contributed by atoms with Crippen molar-refractivity contribution < 1.29 is 14.7 Å². The predicted octanol–water partition coefficient (Wildman–Crippen LogP) is -1.17. The molecular weight excluding hydrogens is 180 g/mol. The molecule has 1 unspecified atom stereocenters. The van der Waals surface area contributed by atoms with E-state index in [1.54, 1.807) is 0 Å². The molecule has 0 aliphatic carbocycles. The minimum absolute atomic E-state index is 0.191. The van der Waals surface area contributed by atoms with Gasteiger partial charge in [-0.3, -0.25) is 9.59 Å². The highest BCUT2D eigenvalue weighted by atomic mass is 32.1. The lowest BCUT2D eigenvalue weighted by atomic mass is 10.2. The van der Waals surface area contributed by atoms with E-state index in [2.05, 4.69) is 17.9 Å². The average molecular weight is 192 g/mol. The van der Waals surface area contributed by atoms with E-state index in [1.807, 2.05) is 0 Å². The van der Waals surface area contributed by atoms with Crippen LogP contribution in [0.1, 0.15) is 6.42 Å². The lowest BCUT2D eigenvalue weighted by Crippen LogP contribution is -2.37. The van der Waals surface area contributed by atoms with Gasteiger partial charge in [0, 0.05) is 12.3 Å². The van der Waals surface area contributed by atoms with Gasteiger partial charge < -0.3 is 16.2 Å². The van der Waals surface area contributed by atoms with Crippen LogP contribution in [0.15, 0.2) is 0 Å². The molecule has 0 bridgehead atoms. The summed E-state index contributed by atoms with van der Waals surface area (Å²) in [5.41, 5.74) is 5.11. The van der Waals surface area contributed by atoms with Crippen LogP contribution in [-0.2, 0) is 9.59 Å². The molecule has 0 aromatic rings. The normalized spacial score (nSPS) is 12.2. The fourth-order valence-corrected chi connectivity index (χ4v) is 0.666. The Balaban J connectivity index is 3.61. The molecule has 0 saturated carbocycles. The number of carbonyl (C=O) groups is 2. The molecule has 0 aliphatic heterocycles. The highest BCUT2D eigenvalue weighted by Gasteiger charge is 2.15. The Hall–Kier alpha value is -0.750. The smallest absolute Gasteiger partial charge is 0.321 e. The van der Waals surface area contributed by atoms with Crippen LogP contribution in [0.5, 0.6) is 0 Å². The lowest BCUT2D eigenvalue weighted by Gasteiger charge is -2.05. The van der Waals surface area contributed by atoms with Crippen LogP contribution in [-0.4, -0.2) is 35.3 Å². The van der Waals surface area contributed by atoms with Crippen molar-refractivity contribution in [3.05, 3.63) is 0 Å². The van der Waals surface area contributed by atoms with E-state index in [9.17, 15) is 9.59 Å². The summed E-state index contributed by atoms with van der Waals surface area (Å²) in [6.07, 6.45) is -0.191. The maximum absolute atomic E-state index is 10.8. The first-order valence-electron chi connectivity index (χ1n) is 3.44. The third-order valence-electron chi connectivity index (χ3n) is 1.16. The van der Waals surface area contributed by atoms with Gasteiger partial charge in [-0.1, -0.05) is 0 Å². The largest absolute Gasteiger partial charge is 0.480 e. The van der Waals surface area contributed by atoms with Crippen LogP contribution in [0.2, 0.25) is 0 Å². The molecule has 70 valence electrons. The van der Waals surface area contributed by atoms with Gasteiger partial charge in [-0.2, -0.15) is 12.6 Å². The molecule has 1 atom stereocenters. The SMILES string of the molecule is NC(CC(=O)NCCS)C(=O)O. The van der Waals surface area contributed by atoms with Crippen LogP contribution in [0.3, 0.4) is 0 Å². The summed E-state index contributed by atoms with van der Waals surface area (Å²) in [5, 5.41) is 10.8. The van der Waals surface area contributed by atoms with Gasteiger partial charge >= 0.3 is 5.97 Å². The first-order chi connectivity index (χ1) is 5.57. The maximum Gasteiger partial charge on any atom is 0.321 e. The van der Waals surface area contributed by atoms with Gasteiger partial charge in [0.05, 0.1) is 6.42 Å². The van der Waals surface area contributed by atoms with Crippen molar-refractivity contribution >= 4 is 24.5 Å². The Morgan fingerprint density at radius 3 is 2.58 bits per heavy atom. The first kappa shape index (κ1) is 11.2. The minimum Gasteiger partial charge on any atom is -0.480 e. The maximum atomic E-state index is 10.8. The fraction of sp³-hybridized carbons (Fsp3) is 0.667. The molecule has 0 aromatic carbocycles. The zero-order valence-electron chi connectivity index (χ0n) is 6.49. The van der Waals surface area contributed by atoms with Gasteiger partial charge in [0.15, 0.2) is 0 Å². The third-order valence-corrected chi connectivity index (χ3v) is 1.38. The number of carbonyl (C=O) groups excluding carboxylic acids is 1. The molecule has 0 rings (SSSR count). The van der Waals surface area contributed by atoms with Crippen molar-refractivity contribution in [3.8, 4) is 0 Å². The van der Waals surface area contributed by atoms with Gasteiger partial charge in [0.1, 0.15) is 6.04 Å². The zero-order valence-corrected chi connectivity index (χ0v) is 7.38. The van der Waals surface area contributed by atoms with Crippen molar-refractivity contribution in [3.63, 3.8) is 0 Å². The highest BCUT2D eigenvalue weighted by Crippen LogP contribution is 1.87. The molecule has 0 aromatic heterocycles. The quantitative estimate of drug-likeness (QED) is 0.413. The molecule has 5 nitrogen and oxygen atoms in total. The van der Waals surface area contributed by atoms with Gasteiger partial charge in [-0.05, 0) is 0 Å². The number of amides is 1. The summed E-state index contributed by atoms with van der Waals surface area (Å²) >= 11 is 3.86. The zero-order chi connectivity index (χ0) is 9.56. The lowest BCUT2D eigenvalue weighted by molar-refractivity contribution is -0.140. The number of carboxylic acid groups (broad SMARTS) is 1. The van der Waals surface area contributed by atoms with E-state index in [0.29, 0.717) is 12.3 Å². The molecule has 4 N–H and O–H groups in total. The van der Waals surface area contributed by atoms with Crippen molar-refractivity contribution in [1.82, 2.24) is 5.32 Å². The number of nitrogens with two attached hydrogens (primary N) is 1. The molecular formula is C6H12N2O3S. The Labute approximate surface area is 75.7 Å². The molecule has 12 heavy (non-hydrogen) atoms. The number of aliphatic carboxylic acids is 1. The number of rotatable bonds is 5. The Kier molecular flexibility index (Phi) is 5.48. The number of hydrogen-bond donors (Lipinski definition) is 4. The second kappa shape index (κ2) is 5.84. The van der Waals surface area contributed by atoms with Crippen LogP contribution in [0.4, 0.5) is 0 Å². The van der Waals surface area contributed by atoms with E-state index < -0.39 is 12.0 Å². The molecule has 0 saturated heterocycles. The number of hydrogen-bond acceptors (Lipinski definition) is 4. The molecule has 0 radical (unpaired) electrons. The molecule has 0 heterocycles. The monoisotopic (exact) mass is 192 g/mol. The number of thiol groups is 1.